The van der Waals surface area contributed by atoms with Gasteiger partial charge in [0.15, 0.2) is 9.84 Å². The summed E-state index contributed by atoms with van der Waals surface area (Å²) >= 11 is 6.06. The molecule has 1 fully saturated rings. The smallest absolute Gasteiger partial charge is 0.240 e. The molecule has 0 heterocycles. The van der Waals surface area contributed by atoms with E-state index in [4.69, 9.17) is 11.6 Å². The molecule has 4 nitrogen and oxygen atoms in total. The Bertz CT molecular complexity index is 425. The highest BCUT2D eigenvalue weighted by Crippen LogP contribution is 2.36. The van der Waals surface area contributed by atoms with Crippen molar-refractivity contribution in [3.05, 3.63) is 0 Å². The van der Waals surface area contributed by atoms with Gasteiger partial charge in [-0.05, 0) is 26.7 Å². The fourth-order valence-corrected chi connectivity index (χ4v) is 3.08. The predicted octanol–water partition coefficient (Wildman–Crippen LogP) is 2.12. The van der Waals surface area contributed by atoms with Crippen LogP contribution in [0, 0.1) is 5.41 Å². The first kappa shape index (κ1) is 16.8. The molecule has 0 aliphatic heterocycles. The lowest BCUT2D eigenvalue weighted by atomic mass is 9.75. The fraction of sp³-hybridized carbons (Fsp3) is 0.923. The number of hydrogen-bond donors (Lipinski definition) is 1. The topological polar surface area (TPSA) is 63.2 Å². The first-order chi connectivity index (χ1) is 8.65. The van der Waals surface area contributed by atoms with Crippen molar-refractivity contribution >= 4 is 27.3 Å². The number of nitrogens with one attached hydrogen (secondary N) is 1. The van der Waals surface area contributed by atoms with Gasteiger partial charge in [-0.1, -0.05) is 19.3 Å². The summed E-state index contributed by atoms with van der Waals surface area (Å²) in [6.45, 7) is 3.34. The minimum absolute atomic E-state index is 0.0664. The lowest BCUT2D eigenvalue weighted by Gasteiger charge is -2.36. The minimum atomic E-state index is -3.43. The quantitative estimate of drug-likeness (QED) is 0.791. The average Bonchev–Trinajstić information content (AvgIpc) is 2.35. The Balaban J connectivity index is 2.68. The lowest BCUT2D eigenvalue weighted by Crippen LogP contribution is -2.51. The van der Waals surface area contributed by atoms with Gasteiger partial charge in [0.05, 0.1) is 0 Å². The number of amides is 1. The van der Waals surface area contributed by atoms with E-state index in [9.17, 15) is 13.2 Å². The van der Waals surface area contributed by atoms with Crippen LogP contribution in [0.25, 0.3) is 0 Å². The van der Waals surface area contributed by atoms with Crippen molar-refractivity contribution in [1.82, 2.24) is 5.32 Å². The summed E-state index contributed by atoms with van der Waals surface area (Å²) in [4.78, 5) is 12.1. The average molecular weight is 310 g/mol. The second-order valence-electron chi connectivity index (χ2n) is 6.16. The van der Waals surface area contributed by atoms with Gasteiger partial charge in [0, 0.05) is 24.1 Å². The molecule has 112 valence electrons. The number of carbonyl (C=O) groups is 1. The highest BCUT2D eigenvalue weighted by Gasteiger charge is 2.40. The van der Waals surface area contributed by atoms with Crippen molar-refractivity contribution in [2.45, 2.75) is 50.7 Å². The number of alkyl halides is 1. The Morgan fingerprint density at radius 3 is 2.21 bits per heavy atom. The van der Waals surface area contributed by atoms with E-state index in [1.165, 1.54) is 20.3 Å². The van der Waals surface area contributed by atoms with Gasteiger partial charge in [-0.3, -0.25) is 4.79 Å². The number of halogens is 1. The van der Waals surface area contributed by atoms with E-state index in [1.807, 2.05) is 0 Å². The third-order valence-electron chi connectivity index (χ3n) is 4.30. The van der Waals surface area contributed by atoms with Gasteiger partial charge in [0.2, 0.25) is 5.91 Å². The standard InChI is InChI=1S/C13H24ClNO3S/c1-12(2,19(3,17)18)11(16)15-10-13(9-14)7-5-4-6-8-13/h4-10H2,1-3H3,(H,15,16). The van der Waals surface area contributed by atoms with Crippen LogP contribution >= 0.6 is 11.6 Å². The Hall–Kier alpha value is -0.290. The zero-order chi connectivity index (χ0) is 14.7. The van der Waals surface area contributed by atoms with Crippen molar-refractivity contribution in [2.24, 2.45) is 5.41 Å². The molecule has 0 aromatic carbocycles. The maximum Gasteiger partial charge on any atom is 0.240 e. The molecule has 1 N–H and O–H groups in total. The van der Waals surface area contributed by atoms with Crippen LogP contribution in [0.15, 0.2) is 0 Å². The number of sulfone groups is 1. The van der Waals surface area contributed by atoms with E-state index in [1.54, 1.807) is 0 Å². The molecule has 0 radical (unpaired) electrons. The van der Waals surface area contributed by atoms with E-state index in [2.05, 4.69) is 5.32 Å². The Morgan fingerprint density at radius 2 is 1.79 bits per heavy atom. The zero-order valence-corrected chi connectivity index (χ0v) is 13.5. The molecular formula is C13H24ClNO3S. The molecule has 0 atom stereocenters. The molecule has 19 heavy (non-hydrogen) atoms. The molecule has 1 aliphatic rings. The van der Waals surface area contributed by atoms with Crippen LogP contribution in [0.2, 0.25) is 0 Å². The Morgan fingerprint density at radius 1 is 1.26 bits per heavy atom. The summed E-state index contributed by atoms with van der Waals surface area (Å²) < 4.78 is 21.8. The SMILES string of the molecule is CC(C)(C(=O)NCC1(CCl)CCCCC1)S(C)(=O)=O. The Labute approximate surface area is 121 Å². The highest BCUT2D eigenvalue weighted by molar-refractivity contribution is 7.92. The molecule has 1 rings (SSSR count). The number of hydrogen-bond acceptors (Lipinski definition) is 3. The number of rotatable bonds is 5. The maximum atomic E-state index is 12.1. The summed E-state index contributed by atoms with van der Waals surface area (Å²) in [6, 6.07) is 0. The van der Waals surface area contributed by atoms with Crippen LogP contribution in [0.4, 0.5) is 0 Å². The molecule has 6 heteroatoms. The molecule has 0 saturated heterocycles. The largest absolute Gasteiger partial charge is 0.354 e. The molecular weight excluding hydrogens is 286 g/mol. The van der Waals surface area contributed by atoms with E-state index < -0.39 is 20.5 Å². The van der Waals surface area contributed by atoms with Gasteiger partial charge in [-0.25, -0.2) is 8.42 Å². The monoisotopic (exact) mass is 309 g/mol. The first-order valence-electron chi connectivity index (χ1n) is 6.68. The second kappa shape index (κ2) is 6.00. The van der Waals surface area contributed by atoms with Crippen LogP contribution in [0.3, 0.4) is 0 Å². The van der Waals surface area contributed by atoms with E-state index in [-0.39, 0.29) is 5.41 Å². The molecule has 0 unspecified atom stereocenters. The molecule has 1 amide bonds. The van der Waals surface area contributed by atoms with Crippen molar-refractivity contribution in [2.75, 3.05) is 18.7 Å². The van der Waals surface area contributed by atoms with Gasteiger partial charge in [-0.2, -0.15) is 0 Å². The van der Waals surface area contributed by atoms with Crippen LogP contribution in [-0.2, 0) is 14.6 Å². The molecule has 0 aromatic heterocycles. The van der Waals surface area contributed by atoms with Crippen LogP contribution in [0.1, 0.15) is 46.0 Å². The van der Waals surface area contributed by atoms with E-state index >= 15 is 0 Å². The normalized spacial score (nSPS) is 20.0. The van der Waals surface area contributed by atoms with Crippen molar-refractivity contribution in [3.8, 4) is 0 Å². The lowest BCUT2D eigenvalue weighted by molar-refractivity contribution is -0.123. The van der Waals surface area contributed by atoms with Gasteiger partial charge < -0.3 is 5.32 Å². The van der Waals surface area contributed by atoms with Gasteiger partial charge in [0.1, 0.15) is 4.75 Å². The summed E-state index contributed by atoms with van der Waals surface area (Å²) in [7, 11) is -3.43. The first-order valence-corrected chi connectivity index (χ1v) is 9.11. The highest BCUT2D eigenvalue weighted by atomic mass is 35.5. The Kier molecular flexibility index (Phi) is 5.29. The third-order valence-corrected chi connectivity index (χ3v) is 6.90. The summed E-state index contributed by atoms with van der Waals surface area (Å²) in [6.07, 6.45) is 6.54. The van der Waals surface area contributed by atoms with Crippen LogP contribution in [-0.4, -0.2) is 37.8 Å². The van der Waals surface area contributed by atoms with Crippen molar-refractivity contribution < 1.29 is 13.2 Å². The maximum absolute atomic E-state index is 12.1. The number of carbonyl (C=O) groups excluding carboxylic acids is 1. The van der Waals surface area contributed by atoms with Crippen molar-refractivity contribution in [3.63, 3.8) is 0 Å². The van der Waals surface area contributed by atoms with Crippen LogP contribution in [0.5, 0.6) is 0 Å². The fourth-order valence-electron chi connectivity index (χ4n) is 2.31. The van der Waals surface area contributed by atoms with Gasteiger partial charge >= 0.3 is 0 Å². The van der Waals surface area contributed by atoms with E-state index in [0.29, 0.717) is 12.4 Å². The molecule has 0 aromatic rings. The zero-order valence-electron chi connectivity index (χ0n) is 12.0. The summed E-state index contributed by atoms with van der Waals surface area (Å²) in [5, 5.41) is 2.79. The predicted molar refractivity (Wildman–Crippen MR) is 78.2 cm³/mol. The second-order valence-corrected chi connectivity index (χ2v) is 8.99. The van der Waals surface area contributed by atoms with Gasteiger partial charge in [-0.15, -0.1) is 11.6 Å². The van der Waals surface area contributed by atoms with E-state index in [0.717, 1.165) is 31.9 Å². The molecule has 0 bridgehead atoms. The summed E-state index contributed by atoms with van der Waals surface area (Å²) in [5.74, 6) is 0.0668. The van der Waals surface area contributed by atoms with Crippen molar-refractivity contribution in [1.29, 1.82) is 0 Å². The molecule has 1 saturated carbocycles. The van der Waals surface area contributed by atoms with Gasteiger partial charge in [0.25, 0.3) is 0 Å². The molecule has 1 aliphatic carbocycles. The third kappa shape index (κ3) is 3.85. The molecule has 0 spiro atoms. The van der Waals surface area contributed by atoms with Crippen LogP contribution < -0.4 is 5.32 Å². The summed E-state index contributed by atoms with van der Waals surface area (Å²) in [5.41, 5.74) is -0.0664. The minimum Gasteiger partial charge on any atom is -0.354 e.